The molecule has 2 fully saturated rings. The Morgan fingerprint density at radius 3 is 2.52 bits per heavy atom. The first-order valence-electron chi connectivity index (χ1n) is 9.13. The Morgan fingerprint density at radius 1 is 1.19 bits per heavy atom. The number of fused-ring (bicyclic) bond motifs is 2. The van der Waals surface area contributed by atoms with Gasteiger partial charge in [-0.15, -0.1) is 0 Å². The summed E-state index contributed by atoms with van der Waals surface area (Å²) < 4.78 is 26.6. The van der Waals surface area contributed by atoms with Crippen LogP contribution in [0.25, 0.3) is 0 Å². The maximum Gasteiger partial charge on any atom is 0.243 e. The predicted molar refractivity (Wildman–Crippen MR) is 102 cm³/mol. The molecule has 2 unspecified atom stereocenters. The number of carbonyl (C=O) groups is 2. The zero-order valence-corrected chi connectivity index (χ0v) is 16.5. The van der Waals surface area contributed by atoms with Crippen molar-refractivity contribution >= 4 is 27.5 Å². The van der Waals surface area contributed by atoms with Crippen LogP contribution in [0, 0.1) is 0 Å². The number of nitrogens with one attached hydrogen (secondary N) is 2. The van der Waals surface area contributed by atoms with Crippen molar-refractivity contribution in [3.8, 4) is 0 Å². The van der Waals surface area contributed by atoms with Gasteiger partial charge in [0.05, 0.1) is 11.4 Å². The molecular weight excluding hydrogens is 368 g/mol. The number of likely N-dealkylation sites (N-methyl/N-ethyl adjacent to an activating group) is 1. The SMILES string of the molecule is CC(=O)Nc1ccc(S(=O)(=O)N(C)CC(=O)N2CCC3CCC(C2)N3)cc1. The van der Waals surface area contributed by atoms with Gasteiger partial charge in [0.15, 0.2) is 0 Å². The summed E-state index contributed by atoms with van der Waals surface area (Å²) in [5.74, 6) is -0.403. The number of hydrogen-bond acceptors (Lipinski definition) is 5. The van der Waals surface area contributed by atoms with Crippen LogP contribution in [0.3, 0.4) is 0 Å². The summed E-state index contributed by atoms with van der Waals surface area (Å²) >= 11 is 0. The summed E-state index contributed by atoms with van der Waals surface area (Å²) in [5.41, 5.74) is 0.521. The van der Waals surface area contributed by atoms with Crippen LogP contribution in [-0.2, 0) is 19.6 Å². The number of rotatable bonds is 5. The van der Waals surface area contributed by atoms with Gasteiger partial charge in [-0.3, -0.25) is 9.59 Å². The monoisotopic (exact) mass is 394 g/mol. The topological polar surface area (TPSA) is 98.8 Å². The summed E-state index contributed by atoms with van der Waals surface area (Å²) in [6.07, 6.45) is 3.11. The molecule has 2 N–H and O–H groups in total. The molecule has 9 heteroatoms. The Balaban J connectivity index is 1.64. The molecule has 2 heterocycles. The van der Waals surface area contributed by atoms with Gasteiger partial charge >= 0.3 is 0 Å². The number of hydrogen-bond donors (Lipinski definition) is 2. The van der Waals surface area contributed by atoms with E-state index in [1.165, 1.54) is 38.2 Å². The summed E-state index contributed by atoms with van der Waals surface area (Å²) in [6.45, 7) is 2.49. The van der Waals surface area contributed by atoms with Gasteiger partial charge in [-0.05, 0) is 43.5 Å². The zero-order valence-electron chi connectivity index (χ0n) is 15.6. The van der Waals surface area contributed by atoms with Gasteiger partial charge in [0.2, 0.25) is 21.8 Å². The molecule has 0 radical (unpaired) electrons. The smallest absolute Gasteiger partial charge is 0.243 e. The molecule has 2 aliphatic rings. The van der Waals surface area contributed by atoms with E-state index in [1.807, 2.05) is 0 Å². The summed E-state index contributed by atoms with van der Waals surface area (Å²) in [5, 5.41) is 6.10. The lowest BCUT2D eigenvalue weighted by molar-refractivity contribution is -0.131. The third-order valence-corrected chi connectivity index (χ3v) is 6.93. The van der Waals surface area contributed by atoms with Crippen molar-refractivity contribution in [3.05, 3.63) is 24.3 Å². The minimum atomic E-state index is -3.78. The van der Waals surface area contributed by atoms with E-state index in [9.17, 15) is 18.0 Å². The Morgan fingerprint density at radius 2 is 1.85 bits per heavy atom. The van der Waals surface area contributed by atoms with Crippen LogP contribution in [0.15, 0.2) is 29.2 Å². The third-order valence-electron chi connectivity index (χ3n) is 5.12. The molecule has 2 saturated heterocycles. The van der Waals surface area contributed by atoms with Gasteiger partial charge in [-0.1, -0.05) is 0 Å². The maximum absolute atomic E-state index is 12.7. The van der Waals surface area contributed by atoms with E-state index in [0.717, 1.165) is 23.6 Å². The molecule has 0 spiro atoms. The molecule has 8 nitrogen and oxygen atoms in total. The molecule has 2 aliphatic heterocycles. The minimum Gasteiger partial charge on any atom is -0.340 e. The quantitative estimate of drug-likeness (QED) is 0.763. The average Bonchev–Trinajstić information content (AvgIpc) is 2.93. The summed E-state index contributed by atoms with van der Waals surface area (Å²) in [4.78, 5) is 25.6. The fourth-order valence-electron chi connectivity index (χ4n) is 3.64. The van der Waals surface area contributed by atoms with Crippen LogP contribution in [0.4, 0.5) is 5.69 Å². The van der Waals surface area contributed by atoms with Gasteiger partial charge in [-0.25, -0.2) is 8.42 Å². The molecule has 27 heavy (non-hydrogen) atoms. The van der Waals surface area contributed by atoms with Crippen molar-refractivity contribution in [1.82, 2.24) is 14.5 Å². The largest absolute Gasteiger partial charge is 0.340 e. The van der Waals surface area contributed by atoms with Crippen molar-refractivity contribution in [3.63, 3.8) is 0 Å². The predicted octanol–water partition coefficient (Wildman–Crippen LogP) is 0.618. The van der Waals surface area contributed by atoms with Crippen LogP contribution >= 0.6 is 0 Å². The van der Waals surface area contributed by atoms with E-state index in [4.69, 9.17) is 0 Å². The Kier molecular flexibility index (Phi) is 5.83. The molecule has 2 bridgehead atoms. The molecule has 2 amide bonds. The number of anilines is 1. The first-order valence-corrected chi connectivity index (χ1v) is 10.6. The van der Waals surface area contributed by atoms with Crippen molar-refractivity contribution in [2.24, 2.45) is 0 Å². The van der Waals surface area contributed by atoms with Crippen LogP contribution in [-0.4, -0.2) is 68.2 Å². The first kappa shape index (κ1) is 19.8. The molecular formula is C18H26N4O4S. The van der Waals surface area contributed by atoms with E-state index in [0.29, 0.717) is 30.9 Å². The highest BCUT2D eigenvalue weighted by molar-refractivity contribution is 7.89. The van der Waals surface area contributed by atoms with E-state index < -0.39 is 10.0 Å². The van der Waals surface area contributed by atoms with E-state index in [-0.39, 0.29) is 23.3 Å². The van der Waals surface area contributed by atoms with Crippen molar-refractivity contribution in [2.45, 2.75) is 43.2 Å². The first-order chi connectivity index (χ1) is 12.8. The lowest BCUT2D eigenvalue weighted by Crippen LogP contribution is -2.44. The summed E-state index contributed by atoms with van der Waals surface area (Å²) in [6, 6.07) is 6.69. The molecule has 148 valence electrons. The number of sulfonamides is 1. The highest BCUT2D eigenvalue weighted by Gasteiger charge is 2.32. The van der Waals surface area contributed by atoms with Crippen LogP contribution in [0.2, 0.25) is 0 Å². The molecule has 1 aromatic rings. The van der Waals surface area contributed by atoms with Gasteiger partial charge in [0, 0.05) is 44.8 Å². The second kappa shape index (κ2) is 7.95. The van der Waals surface area contributed by atoms with Gasteiger partial charge < -0.3 is 15.5 Å². The Bertz CT molecular complexity index is 809. The second-order valence-electron chi connectivity index (χ2n) is 7.23. The van der Waals surface area contributed by atoms with E-state index in [2.05, 4.69) is 10.6 Å². The van der Waals surface area contributed by atoms with E-state index >= 15 is 0 Å². The zero-order chi connectivity index (χ0) is 19.6. The molecule has 0 saturated carbocycles. The average molecular weight is 394 g/mol. The van der Waals surface area contributed by atoms with Crippen molar-refractivity contribution in [2.75, 3.05) is 32.0 Å². The second-order valence-corrected chi connectivity index (χ2v) is 9.28. The molecule has 0 aromatic heterocycles. The minimum absolute atomic E-state index is 0.0866. The Labute approximate surface area is 160 Å². The number of carbonyl (C=O) groups excluding carboxylic acids is 2. The van der Waals surface area contributed by atoms with Crippen LogP contribution in [0.1, 0.15) is 26.2 Å². The third kappa shape index (κ3) is 4.66. The molecule has 0 aliphatic carbocycles. The lowest BCUT2D eigenvalue weighted by atomic mass is 10.1. The lowest BCUT2D eigenvalue weighted by Gasteiger charge is -2.26. The normalized spacial score (nSPS) is 22.6. The van der Waals surface area contributed by atoms with Crippen molar-refractivity contribution < 1.29 is 18.0 Å². The number of amides is 2. The van der Waals surface area contributed by atoms with E-state index in [1.54, 1.807) is 4.90 Å². The summed E-state index contributed by atoms with van der Waals surface area (Å²) in [7, 11) is -2.37. The van der Waals surface area contributed by atoms with Crippen LogP contribution in [0.5, 0.6) is 0 Å². The number of likely N-dealkylation sites (tertiary alicyclic amines) is 1. The fourth-order valence-corrected chi connectivity index (χ4v) is 4.76. The number of nitrogens with zero attached hydrogens (tertiary/aromatic N) is 2. The maximum atomic E-state index is 12.7. The standard InChI is InChI=1S/C18H26N4O4S/c1-13(23)19-14-5-7-17(8-6-14)27(25,26)21(2)12-18(24)22-10-9-15-3-4-16(11-22)20-15/h5-8,15-16,20H,3-4,9-12H2,1-2H3,(H,19,23). The fraction of sp³-hybridized carbons (Fsp3) is 0.556. The number of benzene rings is 1. The molecule has 3 rings (SSSR count). The van der Waals surface area contributed by atoms with Crippen LogP contribution < -0.4 is 10.6 Å². The van der Waals surface area contributed by atoms with Gasteiger partial charge in [0.25, 0.3) is 0 Å². The highest BCUT2D eigenvalue weighted by atomic mass is 32.2. The van der Waals surface area contributed by atoms with Gasteiger partial charge in [0.1, 0.15) is 0 Å². The van der Waals surface area contributed by atoms with Gasteiger partial charge in [-0.2, -0.15) is 4.31 Å². The Hall–Kier alpha value is -1.97. The van der Waals surface area contributed by atoms with Crippen molar-refractivity contribution in [1.29, 1.82) is 0 Å². The molecule has 1 aromatic carbocycles. The molecule has 2 atom stereocenters. The highest BCUT2D eigenvalue weighted by Crippen LogP contribution is 2.21.